The number of hydrogen-bond acceptors (Lipinski definition) is 2. The first-order valence-corrected chi connectivity index (χ1v) is 5.56. The second-order valence-corrected chi connectivity index (χ2v) is 3.88. The molecule has 0 spiro atoms. The van der Waals surface area contributed by atoms with Crippen LogP contribution >= 0.6 is 11.6 Å². The molecule has 80 valence electrons. The van der Waals surface area contributed by atoms with E-state index in [1.165, 1.54) is 0 Å². The molecule has 15 heavy (non-hydrogen) atoms. The maximum Gasteiger partial charge on any atom is 0.152 e. The lowest BCUT2D eigenvalue weighted by molar-refractivity contribution is 0.536. The second-order valence-electron chi connectivity index (χ2n) is 3.47. The number of para-hydroxylation sites is 1. The molecule has 2 rings (SSSR count). The zero-order valence-electron chi connectivity index (χ0n) is 8.72. The quantitative estimate of drug-likeness (QED) is 0.806. The molecule has 0 radical (unpaired) electrons. The largest absolute Gasteiger partial charge is 0.459 e. The van der Waals surface area contributed by atoms with Gasteiger partial charge in [0.15, 0.2) is 5.58 Å². The Balaban J connectivity index is 2.20. The SMILES string of the molecule is CCNCCc1cc2cccc(Cl)c2o1. The maximum absolute atomic E-state index is 6.02. The van der Waals surface area contributed by atoms with Gasteiger partial charge in [0, 0.05) is 18.4 Å². The molecule has 1 heterocycles. The van der Waals surface area contributed by atoms with Crippen molar-refractivity contribution in [3.63, 3.8) is 0 Å². The Hall–Kier alpha value is -0.990. The van der Waals surface area contributed by atoms with E-state index in [2.05, 4.69) is 18.3 Å². The predicted octanol–water partition coefficient (Wildman–Crippen LogP) is 3.24. The van der Waals surface area contributed by atoms with Crippen LogP contribution in [0.25, 0.3) is 11.0 Å². The summed E-state index contributed by atoms with van der Waals surface area (Å²) in [6, 6.07) is 7.86. The highest BCUT2D eigenvalue weighted by Gasteiger charge is 2.05. The maximum atomic E-state index is 6.02. The van der Waals surface area contributed by atoms with Crippen molar-refractivity contribution in [3.05, 3.63) is 35.0 Å². The molecule has 1 aromatic heterocycles. The fraction of sp³-hybridized carbons (Fsp3) is 0.333. The second kappa shape index (κ2) is 4.69. The van der Waals surface area contributed by atoms with E-state index in [0.717, 1.165) is 36.2 Å². The topological polar surface area (TPSA) is 25.2 Å². The van der Waals surface area contributed by atoms with Crippen LogP contribution < -0.4 is 5.32 Å². The number of furan rings is 1. The van der Waals surface area contributed by atoms with Gasteiger partial charge in [-0.3, -0.25) is 0 Å². The number of benzene rings is 1. The standard InChI is InChI=1S/C12H14ClNO/c1-2-14-7-6-10-8-9-4-3-5-11(13)12(9)15-10/h3-5,8,14H,2,6-7H2,1H3. The van der Waals surface area contributed by atoms with Crippen molar-refractivity contribution < 1.29 is 4.42 Å². The van der Waals surface area contributed by atoms with E-state index in [4.69, 9.17) is 16.0 Å². The summed E-state index contributed by atoms with van der Waals surface area (Å²) in [5, 5.41) is 5.02. The van der Waals surface area contributed by atoms with Crippen LogP contribution in [0.2, 0.25) is 5.02 Å². The lowest BCUT2D eigenvalue weighted by atomic mass is 10.2. The van der Waals surface area contributed by atoms with Crippen LogP contribution in [-0.2, 0) is 6.42 Å². The van der Waals surface area contributed by atoms with E-state index >= 15 is 0 Å². The first-order valence-electron chi connectivity index (χ1n) is 5.19. The van der Waals surface area contributed by atoms with Crippen molar-refractivity contribution in [3.8, 4) is 0 Å². The van der Waals surface area contributed by atoms with Gasteiger partial charge in [-0.2, -0.15) is 0 Å². The average molecular weight is 224 g/mol. The number of rotatable bonds is 4. The highest BCUT2D eigenvalue weighted by Crippen LogP contribution is 2.26. The first-order chi connectivity index (χ1) is 7.31. The normalized spacial score (nSPS) is 11.1. The highest BCUT2D eigenvalue weighted by atomic mass is 35.5. The number of likely N-dealkylation sites (N-methyl/N-ethyl adjacent to an activating group) is 1. The Labute approximate surface area is 94.2 Å². The molecule has 3 heteroatoms. The van der Waals surface area contributed by atoms with E-state index in [-0.39, 0.29) is 0 Å². The third-order valence-electron chi connectivity index (χ3n) is 2.35. The summed E-state index contributed by atoms with van der Waals surface area (Å²) >= 11 is 6.02. The summed E-state index contributed by atoms with van der Waals surface area (Å²) in [4.78, 5) is 0. The van der Waals surface area contributed by atoms with Gasteiger partial charge in [0.2, 0.25) is 0 Å². The summed E-state index contributed by atoms with van der Waals surface area (Å²) in [5.74, 6) is 0.985. The minimum atomic E-state index is 0.683. The lowest BCUT2D eigenvalue weighted by Gasteiger charge is -1.97. The fourth-order valence-corrected chi connectivity index (χ4v) is 1.81. The van der Waals surface area contributed by atoms with Crippen molar-refractivity contribution in [2.24, 2.45) is 0 Å². The molecule has 0 unspecified atom stereocenters. The summed E-state index contributed by atoms with van der Waals surface area (Å²) < 4.78 is 5.67. The predicted molar refractivity (Wildman–Crippen MR) is 63.5 cm³/mol. The van der Waals surface area contributed by atoms with Gasteiger partial charge in [0.25, 0.3) is 0 Å². The van der Waals surface area contributed by atoms with Crippen LogP contribution in [0.1, 0.15) is 12.7 Å². The minimum Gasteiger partial charge on any atom is -0.459 e. The van der Waals surface area contributed by atoms with Crippen LogP contribution in [0.15, 0.2) is 28.7 Å². The van der Waals surface area contributed by atoms with Gasteiger partial charge in [0.05, 0.1) is 5.02 Å². The molecule has 0 aliphatic rings. The van der Waals surface area contributed by atoms with E-state index in [1.54, 1.807) is 0 Å². The molecule has 2 aromatic rings. The molecule has 0 saturated heterocycles. The zero-order chi connectivity index (χ0) is 10.7. The number of hydrogen-bond donors (Lipinski definition) is 1. The number of fused-ring (bicyclic) bond motifs is 1. The zero-order valence-corrected chi connectivity index (χ0v) is 9.47. The molecule has 2 nitrogen and oxygen atoms in total. The molecule has 0 bridgehead atoms. The van der Waals surface area contributed by atoms with Gasteiger partial charge >= 0.3 is 0 Å². The van der Waals surface area contributed by atoms with E-state index < -0.39 is 0 Å². The summed E-state index contributed by atoms with van der Waals surface area (Å²) in [6.45, 7) is 4.02. The molecule has 1 N–H and O–H groups in total. The molecule has 0 aliphatic carbocycles. The molecule has 0 atom stereocenters. The van der Waals surface area contributed by atoms with Crippen molar-refractivity contribution in [1.29, 1.82) is 0 Å². The summed E-state index contributed by atoms with van der Waals surface area (Å²) in [5.41, 5.74) is 0.797. The van der Waals surface area contributed by atoms with E-state index in [0.29, 0.717) is 5.02 Å². The average Bonchev–Trinajstić information content (AvgIpc) is 2.63. The van der Waals surface area contributed by atoms with Crippen molar-refractivity contribution in [2.75, 3.05) is 13.1 Å². The Morgan fingerprint density at radius 1 is 1.40 bits per heavy atom. The Morgan fingerprint density at radius 2 is 2.27 bits per heavy atom. The molecule has 0 fully saturated rings. The Bertz CT molecular complexity index is 450. The molecule has 0 amide bonds. The number of nitrogens with one attached hydrogen (secondary N) is 1. The van der Waals surface area contributed by atoms with E-state index in [1.807, 2.05) is 18.2 Å². The van der Waals surface area contributed by atoms with Gasteiger partial charge in [-0.25, -0.2) is 0 Å². The first kappa shape index (κ1) is 10.5. The van der Waals surface area contributed by atoms with Crippen LogP contribution in [0, 0.1) is 0 Å². The van der Waals surface area contributed by atoms with Crippen molar-refractivity contribution in [1.82, 2.24) is 5.32 Å². The third kappa shape index (κ3) is 2.33. The lowest BCUT2D eigenvalue weighted by Crippen LogP contribution is -2.15. The molecular formula is C12H14ClNO. The summed E-state index contributed by atoms with van der Waals surface area (Å²) in [7, 11) is 0. The minimum absolute atomic E-state index is 0.683. The molecule has 0 aliphatic heterocycles. The highest BCUT2D eigenvalue weighted by molar-refractivity contribution is 6.34. The summed E-state index contributed by atoms with van der Waals surface area (Å²) in [6.07, 6.45) is 0.902. The fourth-order valence-electron chi connectivity index (χ4n) is 1.59. The van der Waals surface area contributed by atoms with Gasteiger partial charge < -0.3 is 9.73 Å². The molecular weight excluding hydrogens is 210 g/mol. The molecule has 1 aromatic carbocycles. The Morgan fingerprint density at radius 3 is 3.00 bits per heavy atom. The van der Waals surface area contributed by atoms with Crippen molar-refractivity contribution in [2.45, 2.75) is 13.3 Å². The van der Waals surface area contributed by atoms with Gasteiger partial charge in [-0.1, -0.05) is 30.7 Å². The Kier molecular flexibility index (Phi) is 3.29. The van der Waals surface area contributed by atoms with E-state index in [9.17, 15) is 0 Å². The smallest absolute Gasteiger partial charge is 0.152 e. The monoisotopic (exact) mass is 223 g/mol. The van der Waals surface area contributed by atoms with Crippen LogP contribution in [-0.4, -0.2) is 13.1 Å². The van der Waals surface area contributed by atoms with Crippen molar-refractivity contribution >= 4 is 22.6 Å². The van der Waals surface area contributed by atoms with Gasteiger partial charge in [-0.15, -0.1) is 0 Å². The number of halogens is 1. The van der Waals surface area contributed by atoms with Crippen LogP contribution in [0.4, 0.5) is 0 Å². The van der Waals surface area contributed by atoms with Gasteiger partial charge in [-0.05, 0) is 18.7 Å². The van der Waals surface area contributed by atoms with Crippen LogP contribution in [0.5, 0.6) is 0 Å². The molecule has 0 saturated carbocycles. The van der Waals surface area contributed by atoms with Gasteiger partial charge in [0.1, 0.15) is 5.76 Å². The van der Waals surface area contributed by atoms with Crippen LogP contribution in [0.3, 0.4) is 0 Å². The third-order valence-corrected chi connectivity index (χ3v) is 2.64.